The Balaban J connectivity index is 1.79. The van der Waals surface area contributed by atoms with Crippen LogP contribution < -0.4 is 0 Å². The fourth-order valence-corrected chi connectivity index (χ4v) is 4.09. The first kappa shape index (κ1) is 20.4. The third-order valence-electron chi connectivity index (χ3n) is 6.16. The van der Waals surface area contributed by atoms with Crippen LogP contribution in [0.25, 0.3) is 0 Å². The quantitative estimate of drug-likeness (QED) is 0.654. The number of Topliss-reactive ketones (excluding diaryl/α,β-unsaturated/α-hetero) is 1. The highest BCUT2D eigenvalue weighted by molar-refractivity contribution is 6.03. The molecule has 0 fully saturated rings. The summed E-state index contributed by atoms with van der Waals surface area (Å²) < 4.78 is 5.52. The molecule has 1 atom stereocenters. The van der Waals surface area contributed by atoms with Crippen molar-refractivity contribution >= 4 is 11.8 Å². The van der Waals surface area contributed by atoms with E-state index in [9.17, 15) is 9.59 Å². The minimum atomic E-state index is -0.351. The molecule has 0 saturated carbocycles. The van der Waals surface area contributed by atoms with Gasteiger partial charge >= 0.3 is 5.97 Å². The smallest absolute Gasteiger partial charge is 0.355 e. The topological polar surface area (TPSA) is 59.2 Å². The van der Waals surface area contributed by atoms with Gasteiger partial charge in [-0.3, -0.25) is 4.79 Å². The van der Waals surface area contributed by atoms with Crippen LogP contribution in [0.2, 0.25) is 0 Å². The molecule has 28 heavy (non-hydrogen) atoms. The van der Waals surface area contributed by atoms with E-state index >= 15 is 0 Å². The maximum Gasteiger partial charge on any atom is 0.355 e. The Labute approximate surface area is 167 Å². The minimum Gasteiger partial charge on any atom is -0.461 e. The number of fused-ring (bicyclic) bond motifs is 1. The SMILES string of the molecule is CCc1ccc([C@@H]2CC(=O)c3c([nH]c(C(=O)OCC(CC)CC)c3C)C2)cc1. The zero-order chi connectivity index (χ0) is 20.3. The zero-order valence-electron chi connectivity index (χ0n) is 17.4. The number of carbonyl (C=O) groups is 2. The molecule has 1 aromatic carbocycles. The van der Waals surface area contributed by atoms with Crippen molar-refractivity contribution < 1.29 is 14.3 Å². The van der Waals surface area contributed by atoms with E-state index in [0.717, 1.165) is 36.9 Å². The largest absolute Gasteiger partial charge is 0.461 e. The molecule has 0 aliphatic heterocycles. The molecule has 0 bridgehead atoms. The van der Waals surface area contributed by atoms with Gasteiger partial charge in [0, 0.05) is 17.7 Å². The molecule has 150 valence electrons. The summed E-state index contributed by atoms with van der Waals surface area (Å²) in [5.74, 6) is 0.289. The van der Waals surface area contributed by atoms with Gasteiger partial charge in [-0.1, -0.05) is 57.9 Å². The van der Waals surface area contributed by atoms with E-state index in [1.54, 1.807) is 0 Å². The molecule has 1 heterocycles. The van der Waals surface area contributed by atoms with Crippen molar-refractivity contribution in [3.63, 3.8) is 0 Å². The summed E-state index contributed by atoms with van der Waals surface area (Å²) in [6.45, 7) is 8.61. The second kappa shape index (κ2) is 8.76. The molecule has 0 unspecified atom stereocenters. The second-order valence-corrected chi connectivity index (χ2v) is 7.88. The van der Waals surface area contributed by atoms with Crippen LogP contribution in [0.1, 0.15) is 89.2 Å². The summed E-state index contributed by atoms with van der Waals surface area (Å²) in [7, 11) is 0. The van der Waals surface area contributed by atoms with Gasteiger partial charge in [-0.25, -0.2) is 4.79 Å². The molecule has 1 aliphatic rings. The van der Waals surface area contributed by atoms with Crippen molar-refractivity contribution in [2.24, 2.45) is 5.92 Å². The van der Waals surface area contributed by atoms with Gasteiger partial charge in [0.25, 0.3) is 0 Å². The Morgan fingerprint density at radius 2 is 1.82 bits per heavy atom. The van der Waals surface area contributed by atoms with Gasteiger partial charge in [0.15, 0.2) is 5.78 Å². The minimum absolute atomic E-state index is 0.110. The summed E-state index contributed by atoms with van der Waals surface area (Å²) >= 11 is 0. The number of rotatable bonds is 7. The van der Waals surface area contributed by atoms with E-state index in [1.807, 2.05) is 6.92 Å². The Morgan fingerprint density at radius 1 is 1.14 bits per heavy atom. The highest BCUT2D eigenvalue weighted by atomic mass is 16.5. The lowest BCUT2D eigenvalue weighted by atomic mass is 9.81. The summed E-state index contributed by atoms with van der Waals surface area (Å²) in [5, 5.41) is 0. The van der Waals surface area contributed by atoms with Gasteiger partial charge in [0.1, 0.15) is 5.69 Å². The van der Waals surface area contributed by atoms with Crippen molar-refractivity contribution in [2.45, 2.75) is 65.7 Å². The monoisotopic (exact) mass is 381 g/mol. The predicted octanol–water partition coefficient (Wildman–Crippen LogP) is 5.39. The molecule has 0 saturated heterocycles. The number of benzene rings is 1. The third-order valence-corrected chi connectivity index (χ3v) is 6.16. The van der Waals surface area contributed by atoms with Gasteiger partial charge in [-0.15, -0.1) is 0 Å². The van der Waals surface area contributed by atoms with Gasteiger partial charge in [0.05, 0.1) is 6.61 Å². The van der Waals surface area contributed by atoms with Crippen molar-refractivity contribution in [2.75, 3.05) is 6.61 Å². The van der Waals surface area contributed by atoms with Crippen molar-refractivity contribution in [3.8, 4) is 0 Å². The molecule has 0 radical (unpaired) electrons. The summed E-state index contributed by atoms with van der Waals surface area (Å²) in [4.78, 5) is 28.6. The average Bonchev–Trinajstić information content (AvgIpc) is 3.05. The van der Waals surface area contributed by atoms with E-state index in [-0.39, 0.29) is 17.7 Å². The molecular formula is C24H31NO3. The molecule has 1 N–H and O–H groups in total. The zero-order valence-corrected chi connectivity index (χ0v) is 17.4. The van der Waals surface area contributed by atoms with E-state index in [1.165, 1.54) is 11.1 Å². The highest BCUT2D eigenvalue weighted by Gasteiger charge is 2.32. The van der Waals surface area contributed by atoms with Crippen molar-refractivity contribution in [3.05, 3.63) is 57.9 Å². The van der Waals surface area contributed by atoms with Gasteiger partial charge in [-0.2, -0.15) is 0 Å². The van der Waals surface area contributed by atoms with Crippen molar-refractivity contribution in [1.29, 1.82) is 0 Å². The summed E-state index contributed by atoms with van der Waals surface area (Å²) in [6.07, 6.45) is 4.21. The maximum atomic E-state index is 12.8. The third kappa shape index (κ3) is 4.06. The van der Waals surface area contributed by atoms with Crippen LogP contribution in [0, 0.1) is 12.8 Å². The Hall–Kier alpha value is -2.36. The number of aromatic amines is 1. The Bertz CT molecular complexity index is 843. The van der Waals surface area contributed by atoms with E-state index in [2.05, 4.69) is 50.0 Å². The highest BCUT2D eigenvalue weighted by Crippen LogP contribution is 2.35. The molecule has 3 rings (SSSR count). The van der Waals surface area contributed by atoms with E-state index in [4.69, 9.17) is 4.74 Å². The first-order valence-corrected chi connectivity index (χ1v) is 10.5. The number of hydrogen-bond acceptors (Lipinski definition) is 3. The number of ketones is 1. The van der Waals surface area contributed by atoms with E-state index in [0.29, 0.717) is 30.2 Å². The number of aromatic nitrogens is 1. The van der Waals surface area contributed by atoms with Gasteiger partial charge < -0.3 is 9.72 Å². The number of carbonyl (C=O) groups excluding carboxylic acids is 2. The lowest BCUT2D eigenvalue weighted by Gasteiger charge is -2.22. The van der Waals surface area contributed by atoms with Gasteiger partial charge in [0.2, 0.25) is 0 Å². The fourth-order valence-electron chi connectivity index (χ4n) is 4.09. The number of nitrogens with one attached hydrogen (secondary N) is 1. The molecule has 4 heteroatoms. The normalized spacial score (nSPS) is 16.3. The predicted molar refractivity (Wildman–Crippen MR) is 111 cm³/mol. The molecule has 0 spiro atoms. The number of aryl methyl sites for hydroxylation is 1. The fraction of sp³-hybridized carbons (Fsp3) is 0.500. The van der Waals surface area contributed by atoms with Crippen LogP contribution in [0.4, 0.5) is 0 Å². The van der Waals surface area contributed by atoms with Crippen LogP contribution in [0.5, 0.6) is 0 Å². The molecular weight excluding hydrogens is 350 g/mol. The molecule has 2 aromatic rings. The standard InChI is InChI=1S/C24H31NO3/c1-5-16(6-2)14-28-24(27)23-15(4)22-20(25-23)12-19(13-21(22)26)18-10-8-17(7-3)9-11-18/h8-11,16,19,25H,5-7,12-14H2,1-4H3/t19-/m0/s1. The van der Waals surface area contributed by atoms with Crippen LogP contribution >= 0.6 is 0 Å². The summed E-state index contributed by atoms with van der Waals surface area (Å²) in [5.41, 5.74) is 5.20. The number of ether oxygens (including phenoxy) is 1. The van der Waals surface area contributed by atoms with Crippen LogP contribution in [0.15, 0.2) is 24.3 Å². The van der Waals surface area contributed by atoms with Gasteiger partial charge in [-0.05, 0) is 48.3 Å². The van der Waals surface area contributed by atoms with Crippen LogP contribution in [-0.2, 0) is 17.6 Å². The number of H-pyrrole nitrogens is 1. The first-order chi connectivity index (χ1) is 13.5. The number of hydrogen-bond donors (Lipinski definition) is 1. The summed E-state index contributed by atoms with van der Waals surface area (Å²) in [6, 6.07) is 8.52. The average molecular weight is 382 g/mol. The molecule has 1 aliphatic carbocycles. The second-order valence-electron chi connectivity index (χ2n) is 7.88. The lowest BCUT2D eigenvalue weighted by Crippen LogP contribution is -2.18. The lowest BCUT2D eigenvalue weighted by molar-refractivity contribution is 0.0426. The Morgan fingerprint density at radius 3 is 2.43 bits per heavy atom. The molecule has 1 aromatic heterocycles. The molecule has 4 nitrogen and oxygen atoms in total. The first-order valence-electron chi connectivity index (χ1n) is 10.5. The maximum absolute atomic E-state index is 12.8. The van der Waals surface area contributed by atoms with Crippen LogP contribution in [-0.4, -0.2) is 23.3 Å². The van der Waals surface area contributed by atoms with E-state index < -0.39 is 0 Å². The Kier molecular flexibility index (Phi) is 6.38. The number of esters is 1. The van der Waals surface area contributed by atoms with Crippen molar-refractivity contribution in [1.82, 2.24) is 4.98 Å². The van der Waals surface area contributed by atoms with Crippen LogP contribution in [0.3, 0.4) is 0 Å². The molecule has 0 amide bonds.